The Morgan fingerprint density at radius 3 is 3.00 bits per heavy atom. The van der Waals surface area contributed by atoms with Gasteiger partial charge in [-0.3, -0.25) is 0 Å². The molecule has 3 rings (SSSR count). The Morgan fingerprint density at radius 2 is 2.19 bits per heavy atom. The second-order valence-corrected chi connectivity index (χ2v) is 4.80. The molecule has 0 aliphatic carbocycles. The van der Waals surface area contributed by atoms with Gasteiger partial charge in [0.25, 0.3) is 0 Å². The van der Waals surface area contributed by atoms with E-state index in [0.717, 1.165) is 16.0 Å². The molecule has 0 spiro atoms. The Morgan fingerprint density at radius 1 is 1.31 bits per heavy atom. The average Bonchev–Trinajstić information content (AvgIpc) is 2.65. The van der Waals surface area contributed by atoms with Gasteiger partial charge in [0.15, 0.2) is 6.20 Å². The number of aromatic nitrogens is 1. The van der Waals surface area contributed by atoms with Crippen LogP contribution in [0.25, 0.3) is 16.0 Å². The van der Waals surface area contributed by atoms with E-state index in [9.17, 15) is 4.39 Å². The van der Waals surface area contributed by atoms with Gasteiger partial charge in [0.2, 0.25) is 5.52 Å². The van der Waals surface area contributed by atoms with Crippen LogP contribution in [0.5, 0.6) is 0 Å². The van der Waals surface area contributed by atoms with Gasteiger partial charge < -0.3 is 0 Å². The van der Waals surface area contributed by atoms with Gasteiger partial charge in [-0.25, -0.2) is 4.39 Å². The predicted octanol–water partition coefficient (Wildman–Crippen LogP) is 2.62. The molecule has 16 heavy (non-hydrogen) atoms. The zero-order valence-electron chi connectivity index (χ0n) is 8.24. The lowest BCUT2D eigenvalue weighted by molar-refractivity contribution is -0.428. The molecule has 76 valence electrons. The van der Waals surface area contributed by atoms with E-state index in [-0.39, 0.29) is 5.56 Å². The summed E-state index contributed by atoms with van der Waals surface area (Å²) in [4.78, 5) is 0. The molecule has 0 saturated heterocycles. The highest BCUT2D eigenvalue weighted by molar-refractivity contribution is 7.29. The lowest BCUT2D eigenvalue weighted by Crippen LogP contribution is -2.10. The number of hydrogen-bond donors (Lipinski definition) is 0. The monoisotopic (exact) mass is 229 g/mol. The SMILES string of the molecule is N#Cc1cc2c(cc1F)[pH][n+]1ccccc21. The Bertz CT molecular complexity index is 740. The minimum absolute atomic E-state index is 0.112. The third kappa shape index (κ3) is 1.21. The molecule has 0 radical (unpaired) electrons. The van der Waals surface area contributed by atoms with Gasteiger partial charge in [-0.2, -0.15) is 9.43 Å². The third-order valence-electron chi connectivity index (χ3n) is 2.60. The highest BCUT2D eigenvalue weighted by Gasteiger charge is 2.13. The van der Waals surface area contributed by atoms with Gasteiger partial charge in [-0.15, -0.1) is 0 Å². The highest BCUT2D eigenvalue weighted by Crippen LogP contribution is 2.27. The van der Waals surface area contributed by atoms with E-state index in [0.29, 0.717) is 8.35 Å². The first kappa shape index (κ1) is 9.33. The maximum Gasteiger partial charge on any atom is 0.220 e. The van der Waals surface area contributed by atoms with Crippen LogP contribution in [0.1, 0.15) is 5.56 Å². The van der Waals surface area contributed by atoms with Crippen molar-refractivity contribution >= 4 is 24.4 Å². The van der Waals surface area contributed by atoms with Crippen LogP contribution in [0.2, 0.25) is 0 Å². The molecule has 0 saturated carbocycles. The fourth-order valence-corrected chi connectivity index (χ4v) is 3.10. The van der Waals surface area contributed by atoms with Crippen LogP contribution in [0, 0.1) is 17.1 Å². The summed E-state index contributed by atoms with van der Waals surface area (Å²) in [6.45, 7) is 0. The summed E-state index contributed by atoms with van der Waals surface area (Å²) in [7, 11) is 0.412. The Labute approximate surface area is 92.7 Å². The molecule has 2 aromatic heterocycles. The summed E-state index contributed by atoms with van der Waals surface area (Å²) in [5, 5.41) is 10.7. The largest absolute Gasteiger partial charge is 0.220 e. The fraction of sp³-hybridized carbons (Fsp3) is 0. The first-order valence-electron chi connectivity index (χ1n) is 4.81. The molecule has 0 fully saturated rings. The smallest absolute Gasteiger partial charge is 0.206 e. The Kier molecular flexibility index (Phi) is 1.92. The summed E-state index contributed by atoms with van der Waals surface area (Å²) < 4.78 is 15.5. The van der Waals surface area contributed by atoms with Crippen LogP contribution in [0.3, 0.4) is 0 Å². The van der Waals surface area contributed by atoms with Crippen LogP contribution in [-0.4, -0.2) is 0 Å². The van der Waals surface area contributed by atoms with Crippen molar-refractivity contribution < 1.29 is 8.55 Å². The molecular formula is C12H7FN2P+. The number of rotatable bonds is 0. The molecule has 1 atom stereocenters. The van der Waals surface area contributed by atoms with Gasteiger partial charge >= 0.3 is 0 Å². The molecule has 1 aromatic carbocycles. The van der Waals surface area contributed by atoms with Crippen LogP contribution in [0.4, 0.5) is 4.39 Å². The maximum absolute atomic E-state index is 13.4. The van der Waals surface area contributed by atoms with Crippen LogP contribution in [0.15, 0.2) is 36.5 Å². The second-order valence-electron chi connectivity index (χ2n) is 3.56. The molecule has 0 N–H and O–H groups in total. The molecule has 3 aromatic rings. The van der Waals surface area contributed by atoms with E-state index in [1.165, 1.54) is 6.07 Å². The van der Waals surface area contributed by atoms with Crippen molar-refractivity contribution in [1.29, 1.82) is 5.26 Å². The maximum atomic E-state index is 13.4. The molecule has 1 unspecified atom stereocenters. The molecule has 0 amide bonds. The van der Waals surface area contributed by atoms with Gasteiger partial charge in [0.05, 0.1) is 16.1 Å². The van der Waals surface area contributed by atoms with Crippen LogP contribution in [-0.2, 0) is 0 Å². The van der Waals surface area contributed by atoms with Crippen LogP contribution < -0.4 is 4.16 Å². The quantitative estimate of drug-likeness (QED) is 0.582. The average molecular weight is 229 g/mol. The van der Waals surface area contributed by atoms with E-state index >= 15 is 0 Å². The summed E-state index contributed by atoms with van der Waals surface area (Å²) in [5.41, 5.74) is 1.16. The van der Waals surface area contributed by atoms with Gasteiger partial charge in [0.1, 0.15) is 20.2 Å². The van der Waals surface area contributed by atoms with E-state index < -0.39 is 5.82 Å². The fourth-order valence-electron chi connectivity index (χ4n) is 1.85. The minimum Gasteiger partial charge on any atom is -0.206 e. The molecule has 2 heterocycles. The summed E-state index contributed by atoms with van der Waals surface area (Å²) >= 11 is 0. The summed E-state index contributed by atoms with van der Waals surface area (Å²) in [5.74, 6) is -0.429. The number of fused-ring (bicyclic) bond motifs is 3. The van der Waals surface area contributed by atoms with Crippen molar-refractivity contribution in [2.75, 3.05) is 0 Å². The van der Waals surface area contributed by atoms with E-state index in [2.05, 4.69) is 4.16 Å². The Hall–Kier alpha value is -1.91. The zero-order chi connectivity index (χ0) is 11.1. The second kappa shape index (κ2) is 3.30. The van der Waals surface area contributed by atoms with Gasteiger partial charge in [-0.1, -0.05) is 0 Å². The van der Waals surface area contributed by atoms with Crippen molar-refractivity contribution in [2.45, 2.75) is 0 Å². The normalized spacial score (nSPS) is 11.2. The van der Waals surface area contributed by atoms with E-state index in [4.69, 9.17) is 5.26 Å². The van der Waals surface area contributed by atoms with Crippen molar-refractivity contribution in [3.05, 3.63) is 47.9 Å². The topological polar surface area (TPSA) is 27.9 Å². The summed E-state index contributed by atoms with van der Waals surface area (Å²) in [6.07, 6.45) is 1.97. The minimum atomic E-state index is -0.429. The number of nitrogens with zero attached hydrogens (tertiary/aromatic N) is 2. The van der Waals surface area contributed by atoms with Crippen molar-refractivity contribution in [2.24, 2.45) is 0 Å². The van der Waals surface area contributed by atoms with Gasteiger partial charge in [-0.05, 0) is 18.2 Å². The molecule has 0 bridgehead atoms. The lowest BCUT2D eigenvalue weighted by atomic mass is 10.1. The molecule has 0 aliphatic rings. The highest BCUT2D eigenvalue weighted by atomic mass is 31.0. The number of benzene rings is 1. The van der Waals surface area contributed by atoms with Gasteiger partial charge in [0, 0.05) is 12.1 Å². The lowest BCUT2D eigenvalue weighted by Gasteiger charge is -1.91. The molecule has 0 aliphatic heterocycles. The number of pyridine rings is 1. The van der Waals surface area contributed by atoms with Crippen molar-refractivity contribution in [3.8, 4) is 6.07 Å². The van der Waals surface area contributed by atoms with E-state index in [1.807, 2.05) is 30.5 Å². The molecule has 4 heteroatoms. The number of nitriles is 1. The Balaban J connectivity index is 2.53. The third-order valence-corrected chi connectivity index (χ3v) is 3.89. The standard InChI is InChI=1S/C12H7FN2P/c13-10-6-12-9(5-8(10)7-14)11-3-1-2-4-15(11)16-12/h1-6,16H/q+1. The molecular weight excluding hydrogens is 222 g/mol. The summed E-state index contributed by atoms with van der Waals surface area (Å²) in [6, 6.07) is 10.9. The first-order valence-corrected chi connectivity index (χ1v) is 5.76. The van der Waals surface area contributed by atoms with Crippen LogP contribution >= 0.6 is 8.35 Å². The van der Waals surface area contributed by atoms with Crippen molar-refractivity contribution in [1.82, 2.24) is 0 Å². The number of hydrogen-bond acceptors (Lipinski definition) is 1. The van der Waals surface area contributed by atoms with E-state index in [1.54, 1.807) is 6.07 Å². The van der Waals surface area contributed by atoms with Crippen molar-refractivity contribution in [3.63, 3.8) is 0 Å². The molecule has 2 nitrogen and oxygen atoms in total. The predicted molar refractivity (Wildman–Crippen MR) is 61.3 cm³/mol. The first-order chi connectivity index (χ1) is 7.79. The zero-order valence-corrected chi connectivity index (χ0v) is 9.24. The number of halogens is 1.